The van der Waals surface area contributed by atoms with Crippen LogP contribution >= 0.6 is 8.69 Å². The van der Waals surface area contributed by atoms with Gasteiger partial charge in [0.1, 0.15) is 6.61 Å². The van der Waals surface area contributed by atoms with E-state index >= 15 is 0 Å². The van der Waals surface area contributed by atoms with E-state index < -0.39 is 8.69 Å². The Bertz CT molecular complexity index is 44.8. The van der Waals surface area contributed by atoms with Gasteiger partial charge in [-0.2, -0.15) is 0 Å². The maximum atomic E-state index is 9.26. The predicted octanol–water partition coefficient (Wildman–Crippen LogP) is 0.319. The summed E-state index contributed by atoms with van der Waals surface area (Å²) in [6, 6.07) is 0. The largest absolute Gasteiger partial charge is 0.327 e. The maximum Gasteiger partial charge on any atom is 0.327 e. The smallest absolute Gasteiger partial charge is 0.288 e. The first-order chi connectivity index (χ1) is 2.91. The van der Waals surface area contributed by atoms with Gasteiger partial charge in [-0.25, -0.2) is 4.57 Å². The van der Waals surface area contributed by atoms with Gasteiger partial charge >= 0.3 is 8.69 Å². The van der Waals surface area contributed by atoms with Crippen molar-refractivity contribution in [3.63, 3.8) is 0 Å². The van der Waals surface area contributed by atoms with Gasteiger partial charge in [0.2, 0.25) is 6.29 Å². The summed E-state index contributed by atoms with van der Waals surface area (Å²) in [5.74, 6) is 0. The Morgan fingerprint density at radius 1 is 1.83 bits per heavy atom. The molecule has 3 nitrogen and oxygen atoms in total. The topological polar surface area (TPSA) is 43.4 Å². The van der Waals surface area contributed by atoms with Gasteiger partial charge in [0.05, 0.1) is 0 Å². The Morgan fingerprint density at radius 3 is 2.67 bits per heavy atom. The molecular weight excluding hydrogens is 103 g/mol. The highest BCUT2D eigenvalue weighted by molar-refractivity contribution is 7.17. The molecule has 0 fully saturated rings. The Kier molecular flexibility index (Phi) is 4.52. The van der Waals surface area contributed by atoms with Crippen molar-refractivity contribution in [2.45, 2.75) is 0 Å². The molecule has 0 amide bonds. The lowest BCUT2D eigenvalue weighted by Crippen LogP contribution is -1.79. The van der Waals surface area contributed by atoms with Crippen LogP contribution in [0.5, 0.6) is 0 Å². The van der Waals surface area contributed by atoms with Crippen LogP contribution in [0.15, 0.2) is 0 Å². The second-order valence-corrected chi connectivity index (χ2v) is 0.900. The molecule has 0 heterocycles. The third-order valence-corrected chi connectivity index (χ3v) is 0.411. The van der Waals surface area contributed by atoms with E-state index in [0.717, 1.165) is 0 Å². The van der Waals surface area contributed by atoms with Crippen LogP contribution in [0, 0.1) is 0 Å². The van der Waals surface area contributed by atoms with E-state index in [0.29, 0.717) is 0 Å². The van der Waals surface area contributed by atoms with Crippen molar-refractivity contribution in [3.05, 3.63) is 0 Å². The van der Waals surface area contributed by atoms with E-state index in [1.54, 1.807) is 0 Å². The van der Waals surface area contributed by atoms with Crippen molar-refractivity contribution < 1.29 is 13.9 Å². The minimum atomic E-state index is -0.467. The standard InChI is InChI=1S/C2H2O3P/c3-1-2-5-6-4/h2H2. The molecule has 0 aliphatic carbocycles. The highest BCUT2D eigenvalue weighted by Gasteiger charge is 1.75. The minimum Gasteiger partial charge on any atom is -0.288 e. The van der Waals surface area contributed by atoms with Gasteiger partial charge in [-0.15, -0.1) is 0 Å². The molecule has 0 unspecified atom stereocenters. The van der Waals surface area contributed by atoms with Crippen LogP contribution in [-0.4, -0.2) is 12.9 Å². The zero-order valence-electron chi connectivity index (χ0n) is 2.88. The maximum absolute atomic E-state index is 9.26. The molecule has 1 radical (unpaired) electrons. The van der Waals surface area contributed by atoms with E-state index in [4.69, 9.17) is 0 Å². The van der Waals surface area contributed by atoms with Gasteiger partial charge in [0, 0.05) is 0 Å². The van der Waals surface area contributed by atoms with Crippen LogP contribution in [0.4, 0.5) is 0 Å². The van der Waals surface area contributed by atoms with Gasteiger partial charge in [-0.1, -0.05) is 0 Å². The lowest BCUT2D eigenvalue weighted by atomic mass is 10.9. The molecule has 0 saturated heterocycles. The van der Waals surface area contributed by atoms with Crippen molar-refractivity contribution in [1.29, 1.82) is 0 Å². The molecule has 0 aromatic carbocycles. The van der Waals surface area contributed by atoms with Crippen molar-refractivity contribution in [2.24, 2.45) is 0 Å². The van der Waals surface area contributed by atoms with Gasteiger partial charge in [-0.3, -0.25) is 9.32 Å². The molecule has 0 atom stereocenters. The Morgan fingerprint density at radius 2 is 2.50 bits per heavy atom. The van der Waals surface area contributed by atoms with Crippen molar-refractivity contribution in [1.82, 2.24) is 0 Å². The Hall–Kier alpha value is -0.270. The summed E-state index contributed by atoms with van der Waals surface area (Å²) in [5.41, 5.74) is 0. The van der Waals surface area contributed by atoms with E-state index in [-0.39, 0.29) is 6.61 Å². The molecule has 0 aromatic rings. The summed E-state index contributed by atoms with van der Waals surface area (Å²) in [7, 11) is -0.467. The van der Waals surface area contributed by atoms with Crippen molar-refractivity contribution in [2.75, 3.05) is 6.61 Å². The van der Waals surface area contributed by atoms with Gasteiger partial charge in [0.25, 0.3) is 0 Å². The average Bonchev–Trinajstić information content (AvgIpc) is 1.61. The first-order valence-corrected chi connectivity index (χ1v) is 1.94. The zero-order chi connectivity index (χ0) is 4.83. The third-order valence-electron chi connectivity index (χ3n) is 0.176. The van der Waals surface area contributed by atoms with Gasteiger partial charge in [0.15, 0.2) is 0 Å². The van der Waals surface area contributed by atoms with E-state index in [1.165, 1.54) is 6.29 Å². The molecule has 6 heavy (non-hydrogen) atoms. The van der Waals surface area contributed by atoms with Crippen LogP contribution in [0.1, 0.15) is 0 Å². The predicted molar refractivity (Wildman–Crippen MR) is 19.3 cm³/mol. The van der Waals surface area contributed by atoms with Gasteiger partial charge < -0.3 is 0 Å². The second-order valence-electron chi connectivity index (χ2n) is 0.492. The lowest BCUT2D eigenvalue weighted by molar-refractivity contribution is 0.387. The van der Waals surface area contributed by atoms with E-state index in [1.807, 2.05) is 0 Å². The molecule has 0 aliphatic rings. The number of hydrogen-bond donors (Lipinski definition) is 0. The first kappa shape index (κ1) is 5.73. The van der Waals surface area contributed by atoms with Crippen molar-refractivity contribution >= 4 is 15.0 Å². The van der Waals surface area contributed by atoms with E-state index in [2.05, 4.69) is 4.52 Å². The number of carbonyl (C=O) groups excluding carboxylic acids is 1. The highest BCUT2D eigenvalue weighted by Crippen LogP contribution is 1.88. The fraction of sp³-hybridized carbons (Fsp3) is 0.500. The summed E-state index contributed by atoms with van der Waals surface area (Å²) in [6.07, 6.45) is 1.39. The summed E-state index contributed by atoms with van der Waals surface area (Å²) >= 11 is 0. The van der Waals surface area contributed by atoms with Crippen LogP contribution in [0.2, 0.25) is 0 Å². The molecule has 0 aromatic heterocycles. The fourth-order valence-electron chi connectivity index (χ4n) is 0.0527. The summed E-state index contributed by atoms with van der Waals surface area (Å²) in [6.45, 7) is -0.217. The zero-order valence-corrected chi connectivity index (χ0v) is 3.77. The first-order valence-electron chi connectivity index (χ1n) is 1.21. The molecule has 0 aliphatic heterocycles. The molecule has 4 heteroatoms. The van der Waals surface area contributed by atoms with Crippen LogP contribution in [0.25, 0.3) is 0 Å². The third kappa shape index (κ3) is 3.73. The normalized spacial score (nSPS) is 8.67. The quantitative estimate of drug-likeness (QED) is 0.383. The second kappa shape index (κ2) is 4.73. The van der Waals surface area contributed by atoms with E-state index in [9.17, 15) is 9.36 Å². The monoisotopic (exact) mass is 105 g/mol. The number of hydrogen-bond acceptors (Lipinski definition) is 3. The summed E-state index contributed by atoms with van der Waals surface area (Å²) in [5, 5.41) is 0. The molecule has 0 bridgehead atoms. The van der Waals surface area contributed by atoms with Crippen LogP contribution in [0.3, 0.4) is 0 Å². The van der Waals surface area contributed by atoms with Crippen LogP contribution in [-0.2, 0) is 13.9 Å². The fourth-order valence-corrected chi connectivity index (χ4v) is 0.158. The van der Waals surface area contributed by atoms with Crippen molar-refractivity contribution in [3.8, 4) is 0 Å². The summed E-state index contributed by atoms with van der Waals surface area (Å²) in [4.78, 5) is 9.17. The summed E-state index contributed by atoms with van der Waals surface area (Å²) < 4.78 is 13.2. The minimum absolute atomic E-state index is 0.217. The molecule has 33 valence electrons. The molecule has 0 spiro atoms. The SMILES string of the molecule is O=[C]COP=O. The lowest BCUT2D eigenvalue weighted by Gasteiger charge is -1.71. The average molecular weight is 105 g/mol. The molecule has 0 rings (SSSR count). The van der Waals surface area contributed by atoms with Gasteiger partial charge in [-0.05, 0) is 0 Å². The molecule has 0 N–H and O–H groups in total. The number of rotatable bonds is 3. The molecule has 0 saturated carbocycles. The Balaban J connectivity index is 2.66. The molecular formula is C2H2O3P. The highest BCUT2D eigenvalue weighted by atomic mass is 31.1. The Labute approximate surface area is 36.6 Å². The van der Waals surface area contributed by atoms with Crippen LogP contribution < -0.4 is 0 Å².